The molecular weight excluding hydrogens is 346 g/mol. The summed E-state index contributed by atoms with van der Waals surface area (Å²) in [6.07, 6.45) is 0. The van der Waals surface area contributed by atoms with Crippen molar-refractivity contribution in [1.29, 1.82) is 0 Å². The molecular formula is C20H27N3O4. The Balaban J connectivity index is 1.77. The van der Waals surface area contributed by atoms with E-state index >= 15 is 0 Å². The molecule has 0 radical (unpaired) electrons. The van der Waals surface area contributed by atoms with E-state index in [1.54, 1.807) is 6.92 Å². The van der Waals surface area contributed by atoms with Crippen LogP contribution in [0.15, 0.2) is 16.5 Å². The molecule has 7 heteroatoms. The van der Waals surface area contributed by atoms with Crippen molar-refractivity contribution in [2.24, 2.45) is 0 Å². The van der Waals surface area contributed by atoms with Gasteiger partial charge in [0.2, 0.25) is 0 Å². The first-order valence-corrected chi connectivity index (χ1v) is 9.25. The average molecular weight is 373 g/mol. The monoisotopic (exact) mass is 373 g/mol. The number of Topliss-reactive ketones (excluding diaryl/α,β-unsaturated/α-hetero) is 1. The van der Waals surface area contributed by atoms with Crippen LogP contribution in [0.25, 0.3) is 0 Å². The lowest BCUT2D eigenvalue weighted by molar-refractivity contribution is 0.0117. The second-order valence-corrected chi connectivity index (χ2v) is 7.00. The van der Waals surface area contributed by atoms with E-state index in [0.29, 0.717) is 42.3 Å². The van der Waals surface area contributed by atoms with Crippen LogP contribution >= 0.6 is 0 Å². The van der Waals surface area contributed by atoms with Crippen LogP contribution in [0.1, 0.15) is 56.6 Å². The van der Waals surface area contributed by atoms with Crippen LogP contribution in [0.4, 0.5) is 0 Å². The van der Waals surface area contributed by atoms with E-state index in [-0.39, 0.29) is 17.7 Å². The SMILES string of the molecule is CC(=O)c1[nH]c(C)c(C(=O)NC[C@H](c2ccc(C)o2)N2CCOCC2)c1C. The number of carbonyl (C=O) groups excluding carboxylic acids is 2. The third kappa shape index (κ3) is 4.14. The van der Waals surface area contributed by atoms with E-state index in [1.807, 2.05) is 26.0 Å². The molecule has 3 rings (SSSR count). The first-order valence-electron chi connectivity index (χ1n) is 9.25. The van der Waals surface area contributed by atoms with Gasteiger partial charge < -0.3 is 19.5 Å². The summed E-state index contributed by atoms with van der Waals surface area (Å²) in [4.78, 5) is 29.8. The van der Waals surface area contributed by atoms with E-state index in [0.717, 1.165) is 24.6 Å². The summed E-state index contributed by atoms with van der Waals surface area (Å²) in [7, 11) is 0. The van der Waals surface area contributed by atoms with Gasteiger partial charge in [-0.2, -0.15) is 0 Å². The highest BCUT2D eigenvalue weighted by atomic mass is 16.5. The first-order chi connectivity index (χ1) is 12.9. The molecule has 7 nitrogen and oxygen atoms in total. The third-order valence-electron chi connectivity index (χ3n) is 5.05. The minimum Gasteiger partial charge on any atom is -0.465 e. The number of hydrogen-bond acceptors (Lipinski definition) is 5. The quantitative estimate of drug-likeness (QED) is 0.760. The normalized spacial score (nSPS) is 16.3. The molecule has 3 heterocycles. The number of hydrogen-bond donors (Lipinski definition) is 2. The molecule has 146 valence electrons. The molecule has 0 saturated carbocycles. The summed E-state index contributed by atoms with van der Waals surface area (Å²) in [5.41, 5.74) is 2.42. The largest absolute Gasteiger partial charge is 0.465 e. The zero-order chi connectivity index (χ0) is 19.6. The number of amides is 1. The first kappa shape index (κ1) is 19.4. The minimum atomic E-state index is -0.185. The lowest BCUT2D eigenvalue weighted by Crippen LogP contribution is -2.43. The highest BCUT2D eigenvalue weighted by molar-refractivity contribution is 6.02. The van der Waals surface area contributed by atoms with Crippen LogP contribution in [0.2, 0.25) is 0 Å². The molecule has 2 aromatic rings. The summed E-state index contributed by atoms with van der Waals surface area (Å²) < 4.78 is 11.3. The number of ketones is 1. The predicted octanol–water partition coefficient (Wildman–Crippen LogP) is 2.54. The molecule has 1 atom stereocenters. The highest BCUT2D eigenvalue weighted by Gasteiger charge is 2.27. The van der Waals surface area contributed by atoms with Crippen LogP contribution in [0, 0.1) is 20.8 Å². The van der Waals surface area contributed by atoms with Gasteiger partial charge in [0.25, 0.3) is 5.91 Å². The van der Waals surface area contributed by atoms with Gasteiger partial charge in [-0.15, -0.1) is 0 Å². The molecule has 1 aliphatic heterocycles. The number of aryl methyl sites for hydroxylation is 2. The molecule has 1 saturated heterocycles. The second-order valence-electron chi connectivity index (χ2n) is 7.00. The Hall–Kier alpha value is -2.38. The van der Waals surface area contributed by atoms with Crippen molar-refractivity contribution in [3.63, 3.8) is 0 Å². The topological polar surface area (TPSA) is 87.6 Å². The fourth-order valence-electron chi connectivity index (χ4n) is 3.65. The van der Waals surface area contributed by atoms with Crippen molar-refractivity contribution in [2.75, 3.05) is 32.8 Å². The maximum Gasteiger partial charge on any atom is 0.253 e. The number of carbonyl (C=O) groups is 2. The number of morpholine rings is 1. The van der Waals surface area contributed by atoms with Crippen LogP contribution < -0.4 is 5.32 Å². The second kappa shape index (κ2) is 8.10. The summed E-state index contributed by atoms with van der Waals surface area (Å²) in [6.45, 7) is 10.3. The number of aromatic amines is 1. The maximum absolute atomic E-state index is 12.8. The molecule has 2 aromatic heterocycles. The fourth-order valence-corrected chi connectivity index (χ4v) is 3.65. The number of nitrogens with one attached hydrogen (secondary N) is 2. The molecule has 0 spiro atoms. The van der Waals surface area contributed by atoms with E-state index < -0.39 is 0 Å². The van der Waals surface area contributed by atoms with E-state index in [2.05, 4.69) is 15.2 Å². The molecule has 0 unspecified atom stereocenters. The van der Waals surface area contributed by atoms with Gasteiger partial charge in [0, 0.05) is 32.3 Å². The number of rotatable bonds is 6. The summed E-state index contributed by atoms with van der Waals surface area (Å²) in [6, 6.07) is 3.84. The van der Waals surface area contributed by atoms with Crippen LogP contribution in [0.3, 0.4) is 0 Å². The number of H-pyrrole nitrogens is 1. The Kier molecular flexibility index (Phi) is 5.82. The fraction of sp³-hybridized carbons (Fsp3) is 0.500. The zero-order valence-electron chi connectivity index (χ0n) is 16.3. The number of furan rings is 1. The van der Waals surface area contributed by atoms with Crippen LogP contribution in [-0.2, 0) is 4.74 Å². The minimum absolute atomic E-state index is 0.0571. The standard InChI is InChI=1S/C20H27N3O4/c1-12-5-6-17(27-12)16(23-7-9-26-10-8-23)11-21-20(25)18-13(2)19(15(4)24)22-14(18)3/h5-6,16,22H,7-11H2,1-4H3,(H,21,25)/t16-/m1/s1. The maximum atomic E-state index is 12.8. The van der Waals surface area contributed by atoms with Gasteiger partial charge in [0.05, 0.1) is 30.5 Å². The molecule has 0 aliphatic carbocycles. The van der Waals surface area contributed by atoms with Crippen molar-refractivity contribution in [2.45, 2.75) is 33.7 Å². The van der Waals surface area contributed by atoms with Crippen molar-refractivity contribution in [3.8, 4) is 0 Å². The van der Waals surface area contributed by atoms with Crippen molar-refractivity contribution in [1.82, 2.24) is 15.2 Å². The Labute approximate surface area is 159 Å². The van der Waals surface area contributed by atoms with Crippen molar-refractivity contribution >= 4 is 11.7 Å². The van der Waals surface area contributed by atoms with E-state index in [1.165, 1.54) is 6.92 Å². The van der Waals surface area contributed by atoms with E-state index in [4.69, 9.17) is 9.15 Å². The predicted molar refractivity (Wildman–Crippen MR) is 101 cm³/mol. The number of aromatic nitrogens is 1. The molecule has 27 heavy (non-hydrogen) atoms. The van der Waals surface area contributed by atoms with Crippen LogP contribution in [-0.4, -0.2) is 54.4 Å². The molecule has 0 bridgehead atoms. The summed E-state index contributed by atoms with van der Waals surface area (Å²) in [5, 5.41) is 3.03. The lowest BCUT2D eigenvalue weighted by Gasteiger charge is -2.33. The Bertz CT molecular complexity index is 830. The van der Waals surface area contributed by atoms with E-state index in [9.17, 15) is 9.59 Å². The van der Waals surface area contributed by atoms with Crippen molar-refractivity contribution < 1.29 is 18.7 Å². The van der Waals surface area contributed by atoms with Gasteiger partial charge in [-0.1, -0.05) is 0 Å². The lowest BCUT2D eigenvalue weighted by atomic mass is 10.1. The molecule has 1 fully saturated rings. The summed E-state index contributed by atoms with van der Waals surface area (Å²) in [5.74, 6) is 1.42. The van der Waals surface area contributed by atoms with Gasteiger partial charge in [-0.3, -0.25) is 14.5 Å². The van der Waals surface area contributed by atoms with Crippen molar-refractivity contribution in [3.05, 3.63) is 46.2 Å². The van der Waals surface area contributed by atoms with Gasteiger partial charge in [0.1, 0.15) is 11.5 Å². The molecule has 2 N–H and O–H groups in total. The Morgan fingerprint density at radius 2 is 1.93 bits per heavy atom. The number of ether oxygens (including phenoxy) is 1. The van der Waals surface area contributed by atoms with Gasteiger partial charge in [0.15, 0.2) is 5.78 Å². The Morgan fingerprint density at radius 1 is 1.22 bits per heavy atom. The molecule has 1 amide bonds. The highest BCUT2D eigenvalue weighted by Crippen LogP contribution is 2.24. The summed E-state index contributed by atoms with van der Waals surface area (Å²) >= 11 is 0. The van der Waals surface area contributed by atoms with Gasteiger partial charge in [-0.05, 0) is 38.5 Å². The zero-order valence-corrected chi connectivity index (χ0v) is 16.3. The smallest absolute Gasteiger partial charge is 0.253 e. The molecule has 1 aliphatic rings. The van der Waals surface area contributed by atoms with Gasteiger partial charge in [-0.25, -0.2) is 0 Å². The average Bonchev–Trinajstić information content (AvgIpc) is 3.19. The van der Waals surface area contributed by atoms with Crippen LogP contribution in [0.5, 0.6) is 0 Å². The Morgan fingerprint density at radius 3 is 2.48 bits per heavy atom. The van der Waals surface area contributed by atoms with Gasteiger partial charge >= 0.3 is 0 Å². The molecule has 0 aromatic carbocycles. The third-order valence-corrected chi connectivity index (χ3v) is 5.05. The number of nitrogens with zero attached hydrogens (tertiary/aromatic N) is 1.